The molecule has 1 aromatic heterocycles. The maximum Gasteiger partial charge on any atom is 0.490 e. The average Bonchev–Trinajstić information content (AvgIpc) is 2.29. The molecule has 0 saturated carbocycles. The standard InChI is InChI=1S/C11H20N4.C2HF3O2/c1-8-6-13-10(12)14-9(8)15(5)7-11(2,3)4;3-2(4,5)1(6)7/h6H,7H2,1-5H3,(H2,12,13,14);(H,6,7). The number of anilines is 2. The zero-order chi connectivity index (χ0) is 17.7. The number of carboxylic acids is 1. The van der Waals surface area contributed by atoms with Crippen molar-refractivity contribution >= 4 is 17.7 Å². The van der Waals surface area contributed by atoms with Gasteiger partial charge in [-0.25, -0.2) is 9.78 Å². The van der Waals surface area contributed by atoms with Crippen molar-refractivity contribution in [3.63, 3.8) is 0 Å². The molecule has 0 unspecified atom stereocenters. The van der Waals surface area contributed by atoms with Crippen LogP contribution in [0.15, 0.2) is 6.20 Å². The van der Waals surface area contributed by atoms with Crippen molar-refractivity contribution in [3.05, 3.63) is 11.8 Å². The Kier molecular flexibility index (Phi) is 6.60. The monoisotopic (exact) mass is 322 g/mol. The van der Waals surface area contributed by atoms with Crippen LogP contribution in [-0.4, -0.2) is 40.8 Å². The van der Waals surface area contributed by atoms with E-state index in [1.54, 1.807) is 6.20 Å². The number of aliphatic carboxylic acids is 1. The molecule has 22 heavy (non-hydrogen) atoms. The molecule has 1 aromatic rings. The summed E-state index contributed by atoms with van der Waals surface area (Å²) in [6.07, 6.45) is -3.32. The smallest absolute Gasteiger partial charge is 0.475 e. The quantitative estimate of drug-likeness (QED) is 0.869. The van der Waals surface area contributed by atoms with Gasteiger partial charge in [-0.3, -0.25) is 0 Å². The molecule has 6 nitrogen and oxygen atoms in total. The Morgan fingerprint density at radius 3 is 2.18 bits per heavy atom. The van der Waals surface area contributed by atoms with Crippen LogP contribution in [0.5, 0.6) is 0 Å². The van der Waals surface area contributed by atoms with Crippen molar-refractivity contribution in [1.29, 1.82) is 0 Å². The fraction of sp³-hybridized carbons (Fsp3) is 0.615. The Morgan fingerprint density at radius 2 is 1.82 bits per heavy atom. The normalized spacial score (nSPS) is 11.5. The SMILES string of the molecule is Cc1cnc(N)nc1N(C)CC(C)(C)C.O=C(O)C(F)(F)F. The van der Waals surface area contributed by atoms with Gasteiger partial charge in [0.25, 0.3) is 0 Å². The summed E-state index contributed by atoms with van der Waals surface area (Å²) in [5, 5.41) is 7.12. The molecule has 0 fully saturated rings. The second-order valence-corrected chi connectivity index (χ2v) is 5.95. The van der Waals surface area contributed by atoms with Crippen molar-refractivity contribution in [2.45, 2.75) is 33.9 Å². The maximum absolute atomic E-state index is 10.6. The summed E-state index contributed by atoms with van der Waals surface area (Å²) < 4.78 is 31.7. The topological polar surface area (TPSA) is 92.3 Å². The number of hydrogen-bond acceptors (Lipinski definition) is 5. The van der Waals surface area contributed by atoms with Gasteiger partial charge in [0.1, 0.15) is 5.82 Å². The van der Waals surface area contributed by atoms with Crippen LogP contribution >= 0.6 is 0 Å². The Hall–Kier alpha value is -2.06. The molecule has 0 aliphatic carbocycles. The molecule has 0 saturated heterocycles. The van der Waals surface area contributed by atoms with Crippen molar-refractivity contribution in [2.24, 2.45) is 5.41 Å². The Labute approximate surface area is 127 Å². The predicted molar refractivity (Wildman–Crippen MR) is 77.6 cm³/mol. The fourth-order valence-corrected chi connectivity index (χ4v) is 1.62. The van der Waals surface area contributed by atoms with Crippen LogP contribution in [0.1, 0.15) is 26.3 Å². The lowest BCUT2D eigenvalue weighted by Crippen LogP contribution is -2.30. The molecule has 126 valence electrons. The van der Waals surface area contributed by atoms with Crippen molar-refractivity contribution in [1.82, 2.24) is 9.97 Å². The summed E-state index contributed by atoms with van der Waals surface area (Å²) in [4.78, 5) is 19.2. The van der Waals surface area contributed by atoms with Gasteiger partial charge in [-0.15, -0.1) is 0 Å². The van der Waals surface area contributed by atoms with E-state index in [4.69, 9.17) is 15.6 Å². The molecule has 0 bridgehead atoms. The molecule has 9 heteroatoms. The largest absolute Gasteiger partial charge is 0.490 e. The van der Waals surface area contributed by atoms with E-state index in [0.717, 1.165) is 17.9 Å². The molecule has 0 radical (unpaired) electrons. The van der Waals surface area contributed by atoms with E-state index in [-0.39, 0.29) is 5.41 Å². The lowest BCUT2D eigenvalue weighted by atomic mass is 9.96. The van der Waals surface area contributed by atoms with Gasteiger partial charge in [0.05, 0.1) is 0 Å². The summed E-state index contributed by atoms with van der Waals surface area (Å²) in [6.45, 7) is 9.52. The van der Waals surface area contributed by atoms with E-state index in [2.05, 4.69) is 35.6 Å². The van der Waals surface area contributed by atoms with Gasteiger partial charge in [-0.05, 0) is 12.3 Å². The minimum Gasteiger partial charge on any atom is -0.475 e. The average molecular weight is 322 g/mol. The molecule has 3 N–H and O–H groups in total. The number of alkyl halides is 3. The number of aryl methyl sites for hydroxylation is 1. The zero-order valence-electron chi connectivity index (χ0n) is 13.2. The number of carbonyl (C=O) groups is 1. The van der Waals surface area contributed by atoms with Gasteiger partial charge < -0.3 is 15.7 Å². The number of carboxylic acid groups (broad SMARTS) is 1. The number of nitrogen functional groups attached to an aromatic ring is 1. The highest BCUT2D eigenvalue weighted by Crippen LogP contribution is 2.21. The summed E-state index contributed by atoms with van der Waals surface area (Å²) in [7, 11) is 2.03. The van der Waals surface area contributed by atoms with Crippen LogP contribution in [0, 0.1) is 12.3 Å². The van der Waals surface area contributed by atoms with Gasteiger partial charge in [-0.2, -0.15) is 18.2 Å². The molecule has 0 spiro atoms. The van der Waals surface area contributed by atoms with Crippen LogP contribution in [0.3, 0.4) is 0 Å². The summed E-state index contributed by atoms with van der Waals surface area (Å²) in [6, 6.07) is 0. The van der Waals surface area contributed by atoms with Crippen LogP contribution in [-0.2, 0) is 4.79 Å². The third kappa shape index (κ3) is 7.65. The Bertz CT molecular complexity index is 513. The second-order valence-electron chi connectivity index (χ2n) is 5.95. The van der Waals surface area contributed by atoms with E-state index in [1.807, 2.05) is 14.0 Å². The predicted octanol–water partition coefficient (Wildman–Crippen LogP) is 2.48. The molecule has 0 aliphatic heterocycles. The van der Waals surface area contributed by atoms with Gasteiger partial charge in [-0.1, -0.05) is 20.8 Å². The minimum atomic E-state index is -5.08. The van der Waals surface area contributed by atoms with E-state index in [1.165, 1.54) is 0 Å². The molecule has 1 heterocycles. The Morgan fingerprint density at radius 1 is 1.36 bits per heavy atom. The summed E-state index contributed by atoms with van der Waals surface area (Å²) in [5.74, 6) is -1.51. The summed E-state index contributed by atoms with van der Waals surface area (Å²) in [5.41, 5.74) is 6.87. The first-order valence-corrected chi connectivity index (χ1v) is 6.34. The molecule has 0 amide bonds. The molecular weight excluding hydrogens is 301 g/mol. The second kappa shape index (κ2) is 7.28. The third-order valence-electron chi connectivity index (χ3n) is 2.28. The minimum absolute atomic E-state index is 0.237. The molecule has 0 aliphatic rings. The first-order chi connectivity index (χ1) is 9.74. The molecule has 1 rings (SSSR count). The van der Waals surface area contributed by atoms with E-state index >= 15 is 0 Å². The summed E-state index contributed by atoms with van der Waals surface area (Å²) >= 11 is 0. The van der Waals surface area contributed by atoms with Crippen LogP contribution in [0.25, 0.3) is 0 Å². The fourth-order valence-electron chi connectivity index (χ4n) is 1.62. The zero-order valence-corrected chi connectivity index (χ0v) is 13.2. The lowest BCUT2D eigenvalue weighted by Gasteiger charge is -2.28. The number of aromatic nitrogens is 2. The highest BCUT2D eigenvalue weighted by atomic mass is 19.4. The molecule has 0 aromatic carbocycles. The first kappa shape index (κ1) is 19.9. The van der Waals surface area contributed by atoms with Gasteiger partial charge in [0.15, 0.2) is 0 Å². The van der Waals surface area contributed by atoms with E-state index in [9.17, 15) is 13.2 Å². The highest BCUT2D eigenvalue weighted by Gasteiger charge is 2.38. The van der Waals surface area contributed by atoms with Crippen LogP contribution in [0.4, 0.5) is 24.9 Å². The highest BCUT2D eigenvalue weighted by molar-refractivity contribution is 5.73. The molecule has 0 atom stereocenters. The van der Waals surface area contributed by atoms with Crippen molar-refractivity contribution in [2.75, 3.05) is 24.2 Å². The third-order valence-corrected chi connectivity index (χ3v) is 2.28. The number of hydrogen-bond donors (Lipinski definition) is 2. The van der Waals surface area contributed by atoms with Gasteiger partial charge >= 0.3 is 12.1 Å². The number of halogens is 3. The molecular formula is C13H21F3N4O2. The first-order valence-electron chi connectivity index (χ1n) is 6.34. The number of nitrogens with zero attached hydrogens (tertiary/aromatic N) is 3. The van der Waals surface area contributed by atoms with Gasteiger partial charge in [0, 0.05) is 25.4 Å². The lowest BCUT2D eigenvalue weighted by molar-refractivity contribution is -0.192. The van der Waals surface area contributed by atoms with Gasteiger partial charge in [0.2, 0.25) is 5.95 Å². The Balaban J connectivity index is 0.000000534. The van der Waals surface area contributed by atoms with E-state index in [0.29, 0.717) is 5.95 Å². The number of rotatable bonds is 2. The van der Waals surface area contributed by atoms with Crippen LogP contribution < -0.4 is 10.6 Å². The van der Waals surface area contributed by atoms with E-state index < -0.39 is 12.1 Å². The van der Waals surface area contributed by atoms with Crippen molar-refractivity contribution < 1.29 is 23.1 Å². The number of nitrogens with two attached hydrogens (primary N) is 1. The van der Waals surface area contributed by atoms with Crippen LogP contribution in [0.2, 0.25) is 0 Å². The van der Waals surface area contributed by atoms with Crippen molar-refractivity contribution in [3.8, 4) is 0 Å². The maximum atomic E-state index is 10.6.